The minimum atomic E-state index is 0.186. The van der Waals surface area contributed by atoms with Crippen LogP contribution in [0, 0.1) is 0 Å². The van der Waals surface area contributed by atoms with Crippen molar-refractivity contribution in [3.8, 4) is 0 Å². The van der Waals surface area contributed by atoms with Gasteiger partial charge in [0, 0.05) is 19.0 Å². The molecule has 3 nitrogen and oxygen atoms in total. The van der Waals surface area contributed by atoms with Crippen LogP contribution in [0.25, 0.3) is 0 Å². The lowest BCUT2D eigenvalue weighted by molar-refractivity contribution is -0.121. The standard InChI is InChI=1S/C9H18N2O/c1-2-10-9(12)6-5-8-4-3-7-11-8/h8,11H,2-7H2,1H3,(H,10,12). The molecule has 1 aliphatic heterocycles. The lowest BCUT2D eigenvalue weighted by Gasteiger charge is -2.08. The molecule has 1 atom stereocenters. The molecule has 12 heavy (non-hydrogen) atoms. The fraction of sp³-hybridized carbons (Fsp3) is 0.889. The van der Waals surface area contributed by atoms with E-state index >= 15 is 0 Å². The van der Waals surface area contributed by atoms with Gasteiger partial charge in [-0.25, -0.2) is 0 Å². The van der Waals surface area contributed by atoms with Gasteiger partial charge in [0.25, 0.3) is 0 Å². The summed E-state index contributed by atoms with van der Waals surface area (Å²) in [5.74, 6) is 0.186. The summed E-state index contributed by atoms with van der Waals surface area (Å²) < 4.78 is 0. The molecule has 0 saturated carbocycles. The van der Waals surface area contributed by atoms with Gasteiger partial charge in [-0.1, -0.05) is 0 Å². The van der Waals surface area contributed by atoms with Crippen molar-refractivity contribution in [2.75, 3.05) is 13.1 Å². The first-order chi connectivity index (χ1) is 5.83. The number of amides is 1. The van der Waals surface area contributed by atoms with Crippen LogP contribution in [0.5, 0.6) is 0 Å². The maximum Gasteiger partial charge on any atom is 0.220 e. The largest absolute Gasteiger partial charge is 0.356 e. The highest BCUT2D eigenvalue weighted by Gasteiger charge is 2.14. The summed E-state index contributed by atoms with van der Waals surface area (Å²) in [6.45, 7) is 3.82. The molecule has 0 radical (unpaired) electrons. The molecule has 0 aromatic heterocycles. The van der Waals surface area contributed by atoms with E-state index in [1.807, 2.05) is 6.92 Å². The Labute approximate surface area is 73.9 Å². The van der Waals surface area contributed by atoms with Crippen LogP contribution in [-0.4, -0.2) is 25.0 Å². The normalized spacial score (nSPS) is 22.6. The van der Waals surface area contributed by atoms with Gasteiger partial charge in [0.05, 0.1) is 0 Å². The van der Waals surface area contributed by atoms with Crippen molar-refractivity contribution >= 4 is 5.91 Å². The van der Waals surface area contributed by atoms with Gasteiger partial charge < -0.3 is 10.6 Å². The van der Waals surface area contributed by atoms with Crippen molar-refractivity contribution in [3.05, 3.63) is 0 Å². The molecule has 1 rings (SSSR count). The highest BCUT2D eigenvalue weighted by molar-refractivity contribution is 5.75. The first-order valence-electron chi connectivity index (χ1n) is 4.83. The van der Waals surface area contributed by atoms with Crippen LogP contribution in [-0.2, 0) is 4.79 Å². The lowest BCUT2D eigenvalue weighted by atomic mass is 10.1. The van der Waals surface area contributed by atoms with Gasteiger partial charge >= 0.3 is 0 Å². The first kappa shape index (κ1) is 9.52. The number of hydrogen-bond acceptors (Lipinski definition) is 2. The van der Waals surface area contributed by atoms with E-state index in [0.29, 0.717) is 12.5 Å². The molecule has 1 saturated heterocycles. The third kappa shape index (κ3) is 3.22. The Morgan fingerprint density at radius 3 is 3.08 bits per heavy atom. The monoisotopic (exact) mass is 170 g/mol. The van der Waals surface area contributed by atoms with Crippen LogP contribution in [0.1, 0.15) is 32.6 Å². The second kappa shape index (κ2) is 5.14. The van der Waals surface area contributed by atoms with Crippen molar-refractivity contribution in [1.82, 2.24) is 10.6 Å². The summed E-state index contributed by atoms with van der Waals surface area (Å²) >= 11 is 0. The summed E-state index contributed by atoms with van der Waals surface area (Å²) in [6, 6.07) is 0.590. The van der Waals surface area contributed by atoms with Crippen LogP contribution in [0.3, 0.4) is 0 Å². The molecule has 0 spiro atoms. The van der Waals surface area contributed by atoms with Crippen LogP contribution in [0.4, 0.5) is 0 Å². The predicted octanol–water partition coefficient (Wildman–Crippen LogP) is 0.655. The summed E-state index contributed by atoms with van der Waals surface area (Å²) in [5, 5.41) is 6.18. The third-order valence-electron chi connectivity index (χ3n) is 2.26. The maximum absolute atomic E-state index is 11.1. The van der Waals surface area contributed by atoms with Gasteiger partial charge in [0.1, 0.15) is 0 Å². The maximum atomic E-state index is 11.1. The van der Waals surface area contributed by atoms with Crippen molar-refractivity contribution < 1.29 is 4.79 Å². The van der Waals surface area contributed by atoms with Gasteiger partial charge in [-0.2, -0.15) is 0 Å². The number of hydrogen-bond donors (Lipinski definition) is 2. The molecule has 3 heteroatoms. The Bertz CT molecular complexity index is 141. The fourth-order valence-electron chi connectivity index (χ4n) is 1.59. The van der Waals surface area contributed by atoms with Crippen molar-refractivity contribution in [2.24, 2.45) is 0 Å². The molecule has 1 amide bonds. The van der Waals surface area contributed by atoms with Crippen molar-refractivity contribution in [3.63, 3.8) is 0 Å². The van der Waals surface area contributed by atoms with Gasteiger partial charge in [-0.3, -0.25) is 4.79 Å². The average molecular weight is 170 g/mol. The SMILES string of the molecule is CCNC(=O)CCC1CCCN1. The van der Waals surface area contributed by atoms with E-state index in [0.717, 1.165) is 19.5 Å². The number of carbonyl (C=O) groups excluding carboxylic acids is 1. The third-order valence-corrected chi connectivity index (χ3v) is 2.26. The zero-order valence-electron chi connectivity index (χ0n) is 7.73. The van der Waals surface area contributed by atoms with E-state index in [1.165, 1.54) is 12.8 Å². The molecule has 70 valence electrons. The Balaban J connectivity index is 2.03. The number of carbonyl (C=O) groups is 1. The molecule has 1 aliphatic rings. The smallest absolute Gasteiger partial charge is 0.220 e. The second-order valence-corrected chi connectivity index (χ2v) is 3.29. The lowest BCUT2D eigenvalue weighted by Crippen LogP contribution is -2.27. The molecule has 1 heterocycles. The average Bonchev–Trinajstić information content (AvgIpc) is 2.53. The first-order valence-corrected chi connectivity index (χ1v) is 4.83. The van der Waals surface area contributed by atoms with E-state index < -0.39 is 0 Å². The van der Waals surface area contributed by atoms with Crippen molar-refractivity contribution in [1.29, 1.82) is 0 Å². The zero-order valence-corrected chi connectivity index (χ0v) is 7.73. The van der Waals surface area contributed by atoms with Crippen LogP contribution >= 0.6 is 0 Å². The minimum Gasteiger partial charge on any atom is -0.356 e. The molecule has 0 aliphatic carbocycles. The van der Waals surface area contributed by atoms with E-state index in [9.17, 15) is 4.79 Å². The molecule has 1 fully saturated rings. The van der Waals surface area contributed by atoms with Gasteiger partial charge in [0.2, 0.25) is 5.91 Å². The Hall–Kier alpha value is -0.570. The Morgan fingerprint density at radius 1 is 1.67 bits per heavy atom. The molecular weight excluding hydrogens is 152 g/mol. The highest BCUT2D eigenvalue weighted by Crippen LogP contribution is 2.10. The molecule has 0 aromatic rings. The Morgan fingerprint density at radius 2 is 2.50 bits per heavy atom. The minimum absolute atomic E-state index is 0.186. The van der Waals surface area contributed by atoms with Crippen LogP contribution in [0.15, 0.2) is 0 Å². The quantitative estimate of drug-likeness (QED) is 0.650. The van der Waals surface area contributed by atoms with E-state index in [4.69, 9.17) is 0 Å². The summed E-state index contributed by atoms with van der Waals surface area (Å²) in [4.78, 5) is 11.1. The topological polar surface area (TPSA) is 41.1 Å². The summed E-state index contributed by atoms with van der Waals surface area (Å²) in [7, 11) is 0. The summed E-state index contributed by atoms with van der Waals surface area (Å²) in [6.07, 6.45) is 4.16. The molecule has 2 N–H and O–H groups in total. The predicted molar refractivity (Wildman–Crippen MR) is 48.9 cm³/mol. The number of nitrogens with one attached hydrogen (secondary N) is 2. The second-order valence-electron chi connectivity index (χ2n) is 3.29. The molecular formula is C9H18N2O. The number of rotatable bonds is 4. The highest BCUT2D eigenvalue weighted by atomic mass is 16.1. The fourth-order valence-corrected chi connectivity index (χ4v) is 1.59. The van der Waals surface area contributed by atoms with Crippen LogP contribution < -0.4 is 10.6 Å². The molecule has 1 unspecified atom stereocenters. The van der Waals surface area contributed by atoms with E-state index in [2.05, 4.69) is 10.6 Å². The van der Waals surface area contributed by atoms with E-state index in [1.54, 1.807) is 0 Å². The van der Waals surface area contributed by atoms with E-state index in [-0.39, 0.29) is 5.91 Å². The van der Waals surface area contributed by atoms with Gasteiger partial charge in [-0.05, 0) is 32.7 Å². The summed E-state index contributed by atoms with van der Waals surface area (Å²) in [5.41, 5.74) is 0. The Kier molecular flexibility index (Phi) is 4.08. The van der Waals surface area contributed by atoms with Crippen molar-refractivity contribution in [2.45, 2.75) is 38.6 Å². The molecule has 0 aromatic carbocycles. The van der Waals surface area contributed by atoms with Gasteiger partial charge in [-0.15, -0.1) is 0 Å². The van der Waals surface area contributed by atoms with Gasteiger partial charge in [0.15, 0.2) is 0 Å². The zero-order chi connectivity index (χ0) is 8.81. The molecule has 0 bridgehead atoms. The van der Waals surface area contributed by atoms with Crippen LogP contribution in [0.2, 0.25) is 0 Å².